The molecule has 0 fully saturated rings. The summed E-state index contributed by atoms with van der Waals surface area (Å²) >= 11 is 11.6. The molecule has 0 saturated heterocycles. The summed E-state index contributed by atoms with van der Waals surface area (Å²) in [5.74, 6) is 0.519. The van der Waals surface area contributed by atoms with Gasteiger partial charge in [0.05, 0.1) is 16.3 Å². The predicted octanol–water partition coefficient (Wildman–Crippen LogP) is 3.85. The highest BCUT2D eigenvalue weighted by Crippen LogP contribution is 2.26. The van der Waals surface area contributed by atoms with E-state index in [-0.39, 0.29) is 18.2 Å². The van der Waals surface area contributed by atoms with E-state index in [1.807, 2.05) is 0 Å². The number of furan rings is 1. The van der Waals surface area contributed by atoms with E-state index < -0.39 is 0 Å². The van der Waals surface area contributed by atoms with Gasteiger partial charge < -0.3 is 9.15 Å². The van der Waals surface area contributed by atoms with E-state index >= 15 is 0 Å². The van der Waals surface area contributed by atoms with Gasteiger partial charge in [0.15, 0.2) is 12.4 Å². The van der Waals surface area contributed by atoms with Gasteiger partial charge in [0.2, 0.25) is 5.78 Å². The van der Waals surface area contributed by atoms with Crippen LogP contribution in [0.25, 0.3) is 0 Å². The van der Waals surface area contributed by atoms with Crippen LogP contribution in [0.1, 0.15) is 10.6 Å². The van der Waals surface area contributed by atoms with Crippen molar-refractivity contribution in [2.45, 2.75) is 0 Å². The van der Waals surface area contributed by atoms with Crippen LogP contribution in [0.3, 0.4) is 0 Å². The standard InChI is InChI=1S/C12H8Cl2O3/c13-9-4-3-8(6-10(9)14)17-7-11(15)12-2-1-5-16-12/h1-6H,7H2. The van der Waals surface area contributed by atoms with E-state index in [4.69, 9.17) is 32.4 Å². The first-order valence-electron chi connectivity index (χ1n) is 4.81. The molecule has 5 heteroatoms. The molecule has 2 rings (SSSR count). The largest absolute Gasteiger partial charge is 0.485 e. The molecule has 0 bridgehead atoms. The molecule has 0 N–H and O–H groups in total. The molecule has 0 spiro atoms. The van der Waals surface area contributed by atoms with Crippen LogP contribution in [0.5, 0.6) is 5.75 Å². The number of hydrogen-bond acceptors (Lipinski definition) is 3. The third kappa shape index (κ3) is 3.02. The lowest BCUT2D eigenvalue weighted by molar-refractivity contribution is 0.0894. The SMILES string of the molecule is O=C(COc1ccc(Cl)c(Cl)c1)c1ccco1. The van der Waals surface area contributed by atoms with E-state index in [1.54, 1.807) is 30.3 Å². The Morgan fingerprint density at radius 1 is 1.24 bits per heavy atom. The lowest BCUT2D eigenvalue weighted by atomic mass is 10.3. The Morgan fingerprint density at radius 2 is 2.06 bits per heavy atom. The van der Waals surface area contributed by atoms with Gasteiger partial charge in [-0.2, -0.15) is 0 Å². The second kappa shape index (κ2) is 5.25. The van der Waals surface area contributed by atoms with Crippen molar-refractivity contribution >= 4 is 29.0 Å². The summed E-state index contributed by atoms with van der Waals surface area (Å²) in [4.78, 5) is 11.6. The first-order valence-corrected chi connectivity index (χ1v) is 5.57. The number of benzene rings is 1. The first-order chi connectivity index (χ1) is 8.16. The number of ether oxygens (including phenoxy) is 1. The Labute approximate surface area is 108 Å². The van der Waals surface area contributed by atoms with E-state index in [1.165, 1.54) is 6.26 Å². The van der Waals surface area contributed by atoms with Crippen molar-refractivity contribution in [3.63, 3.8) is 0 Å². The zero-order chi connectivity index (χ0) is 12.3. The minimum Gasteiger partial charge on any atom is -0.485 e. The Kier molecular flexibility index (Phi) is 3.71. The summed E-state index contributed by atoms with van der Waals surface area (Å²) in [6.07, 6.45) is 1.44. The van der Waals surface area contributed by atoms with Gasteiger partial charge in [-0.15, -0.1) is 0 Å². The van der Waals surface area contributed by atoms with Crippen molar-refractivity contribution in [3.05, 3.63) is 52.4 Å². The quantitative estimate of drug-likeness (QED) is 0.793. The summed E-state index contributed by atoms with van der Waals surface area (Å²) in [5.41, 5.74) is 0. The monoisotopic (exact) mass is 270 g/mol. The van der Waals surface area contributed by atoms with Crippen LogP contribution < -0.4 is 4.74 Å². The number of ketones is 1. The van der Waals surface area contributed by atoms with Crippen LogP contribution in [0.2, 0.25) is 10.0 Å². The first kappa shape index (κ1) is 12.0. The fourth-order valence-electron chi connectivity index (χ4n) is 1.22. The van der Waals surface area contributed by atoms with E-state index in [0.717, 1.165) is 0 Å². The number of rotatable bonds is 4. The van der Waals surface area contributed by atoms with Crippen LogP contribution in [0.4, 0.5) is 0 Å². The van der Waals surface area contributed by atoms with E-state index in [9.17, 15) is 4.79 Å². The molecule has 2 aromatic rings. The van der Waals surface area contributed by atoms with Crippen LogP contribution in [-0.4, -0.2) is 12.4 Å². The molecular weight excluding hydrogens is 263 g/mol. The maximum Gasteiger partial charge on any atom is 0.235 e. The topological polar surface area (TPSA) is 39.4 Å². The lowest BCUT2D eigenvalue weighted by Gasteiger charge is -2.05. The summed E-state index contributed by atoms with van der Waals surface area (Å²) < 4.78 is 10.2. The molecule has 1 aromatic carbocycles. The van der Waals surface area contributed by atoms with Gasteiger partial charge in [-0.05, 0) is 24.3 Å². The molecule has 0 atom stereocenters. The minimum atomic E-state index is -0.235. The predicted molar refractivity (Wildman–Crippen MR) is 65.0 cm³/mol. The van der Waals surface area contributed by atoms with Gasteiger partial charge in [-0.1, -0.05) is 23.2 Å². The fraction of sp³-hybridized carbons (Fsp3) is 0.0833. The number of hydrogen-bond donors (Lipinski definition) is 0. The van der Waals surface area contributed by atoms with Gasteiger partial charge in [0, 0.05) is 6.07 Å². The van der Waals surface area contributed by atoms with Crippen LogP contribution >= 0.6 is 23.2 Å². The Morgan fingerprint density at radius 3 is 2.71 bits per heavy atom. The molecule has 0 amide bonds. The van der Waals surface area contributed by atoms with Crippen molar-refractivity contribution in [2.75, 3.05) is 6.61 Å². The van der Waals surface area contributed by atoms with Crippen LogP contribution in [-0.2, 0) is 0 Å². The zero-order valence-electron chi connectivity index (χ0n) is 8.65. The number of carbonyl (C=O) groups is 1. The Hall–Kier alpha value is -1.45. The maximum atomic E-state index is 11.6. The normalized spacial score (nSPS) is 10.2. The smallest absolute Gasteiger partial charge is 0.235 e. The second-order valence-electron chi connectivity index (χ2n) is 3.27. The molecule has 0 aliphatic heterocycles. The molecule has 0 aliphatic carbocycles. The minimum absolute atomic E-state index is 0.106. The van der Waals surface area contributed by atoms with Gasteiger partial charge >= 0.3 is 0 Å². The molecule has 0 radical (unpaired) electrons. The van der Waals surface area contributed by atoms with Crippen molar-refractivity contribution < 1.29 is 13.9 Å². The Balaban J connectivity index is 1.98. The highest BCUT2D eigenvalue weighted by atomic mass is 35.5. The zero-order valence-corrected chi connectivity index (χ0v) is 10.2. The Bertz CT molecular complexity index is 521. The number of carbonyl (C=O) groups excluding carboxylic acids is 1. The summed E-state index contributed by atoms with van der Waals surface area (Å²) in [6, 6.07) is 8.03. The van der Waals surface area contributed by atoms with Crippen molar-refractivity contribution in [2.24, 2.45) is 0 Å². The van der Waals surface area contributed by atoms with Crippen molar-refractivity contribution in [1.29, 1.82) is 0 Å². The lowest BCUT2D eigenvalue weighted by Crippen LogP contribution is -2.10. The number of halogens is 2. The fourth-order valence-corrected chi connectivity index (χ4v) is 1.51. The van der Waals surface area contributed by atoms with Crippen molar-refractivity contribution in [3.8, 4) is 5.75 Å². The maximum absolute atomic E-state index is 11.6. The molecular formula is C12H8Cl2O3. The second-order valence-corrected chi connectivity index (χ2v) is 4.08. The average molecular weight is 271 g/mol. The molecule has 1 aromatic heterocycles. The third-order valence-electron chi connectivity index (χ3n) is 2.06. The van der Waals surface area contributed by atoms with Gasteiger partial charge in [-0.25, -0.2) is 0 Å². The van der Waals surface area contributed by atoms with Crippen LogP contribution in [0, 0.1) is 0 Å². The highest BCUT2D eigenvalue weighted by molar-refractivity contribution is 6.42. The van der Waals surface area contributed by atoms with E-state index in [2.05, 4.69) is 0 Å². The van der Waals surface area contributed by atoms with E-state index in [0.29, 0.717) is 15.8 Å². The van der Waals surface area contributed by atoms with Crippen molar-refractivity contribution in [1.82, 2.24) is 0 Å². The molecule has 88 valence electrons. The number of Topliss-reactive ketones (excluding diaryl/α,β-unsaturated/α-hetero) is 1. The van der Waals surface area contributed by atoms with Gasteiger partial charge in [-0.3, -0.25) is 4.79 Å². The van der Waals surface area contributed by atoms with Crippen LogP contribution in [0.15, 0.2) is 41.0 Å². The summed E-state index contributed by atoms with van der Waals surface area (Å²) in [5, 5.41) is 0.825. The third-order valence-corrected chi connectivity index (χ3v) is 2.80. The molecule has 3 nitrogen and oxygen atoms in total. The summed E-state index contributed by atoms with van der Waals surface area (Å²) in [6.45, 7) is -0.106. The average Bonchev–Trinajstić information content (AvgIpc) is 2.84. The molecule has 17 heavy (non-hydrogen) atoms. The van der Waals surface area contributed by atoms with Gasteiger partial charge in [0.25, 0.3) is 0 Å². The molecule has 1 heterocycles. The summed E-state index contributed by atoms with van der Waals surface area (Å²) in [7, 11) is 0. The molecule has 0 unspecified atom stereocenters. The molecule has 0 saturated carbocycles. The van der Waals surface area contributed by atoms with Gasteiger partial charge in [0.1, 0.15) is 5.75 Å². The molecule has 0 aliphatic rings. The highest BCUT2D eigenvalue weighted by Gasteiger charge is 2.09.